The molecule has 1 amide bonds. The molecule has 1 fully saturated rings. The van der Waals surface area contributed by atoms with Crippen LogP contribution in [0.4, 0.5) is 5.13 Å². The number of carbonyl (C=O) groups is 1. The van der Waals surface area contributed by atoms with Crippen molar-refractivity contribution in [3.8, 4) is 11.3 Å². The molecular formula is C17H20N6O2S. The fourth-order valence-electron chi connectivity index (χ4n) is 3.13. The van der Waals surface area contributed by atoms with Crippen molar-refractivity contribution in [3.05, 3.63) is 34.9 Å². The van der Waals surface area contributed by atoms with Gasteiger partial charge in [0.2, 0.25) is 0 Å². The van der Waals surface area contributed by atoms with Gasteiger partial charge in [-0.1, -0.05) is 5.21 Å². The van der Waals surface area contributed by atoms with Crippen LogP contribution in [0, 0.1) is 13.8 Å². The fourth-order valence-corrected chi connectivity index (χ4v) is 3.84. The Balaban J connectivity index is 1.45. The first-order chi connectivity index (χ1) is 12.6. The molecule has 8 nitrogen and oxygen atoms in total. The average Bonchev–Trinajstić information content (AvgIpc) is 3.35. The molecule has 26 heavy (non-hydrogen) atoms. The van der Waals surface area contributed by atoms with E-state index in [9.17, 15) is 4.79 Å². The van der Waals surface area contributed by atoms with E-state index in [4.69, 9.17) is 4.42 Å². The van der Waals surface area contributed by atoms with E-state index >= 15 is 0 Å². The molecule has 1 aliphatic heterocycles. The number of furan rings is 1. The SMILES string of the molecule is Cc1cc(-c2csc(NC(=O)c3cn(C4CCNCC4)nn3)n2)c(C)o1. The van der Waals surface area contributed by atoms with Crippen molar-refractivity contribution >= 4 is 22.4 Å². The molecule has 3 aromatic heterocycles. The van der Waals surface area contributed by atoms with Gasteiger partial charge in [-0.3, -0.25) is 10.1 Å². The summed E-state index contributed by atoms with van der Waals surface area (Å²) in [6.45, 7) is 5.72. The van der Waals surface area contributed by atoms with E-state index in [-0.39, 0.29) is 5.91 Å². The largest absolute Gasteiger partial charge is 0.466 e. The number of amides is 1. The van der Waals surface area contributed by atoms with Gasteiger partial charge in [0.05, 0.1) is 17.9 Å². The summed E-state index contributed by atoms with van der Waals surface area (Å²) < 4.78 is 7.33. The molecular weight excluding hydrogens is 352 g/mol. The van der Waals surface area contributed by atoms with Crippen molar-refractivity contribution in [1.29, 1.82) is 0 Å². The number of hydrogen-bond donors (Lipinski definition) is 2. The Morgan fingerprint density at radius 2 is 2.19 bits per heavy atom. The number of rotatable bonds is 4. The second-order valence-electron chi connectivity index (χ2n) is 6.38. The Morgan fingerprint density at radius 3 is 2.92 bits per heavy atom. The minimum absolute atomic E-state index is 0.295. The third-order valence-corrected chi connectivity index (χ3v) is 5.23. The highest BCUT2D eigenvalue weighted by Gasteiger charge is 2.19. The molecule has 0 aliphatic carbocycles. The number of carbonyl (C=O) groups excluding carboxylic acids is 1. The lowest BCUT2D eigenvalue weighted by atomic mass is 10.1. The summed E-state index contributed by atoms with van der Waals surface area (Å²) in [6, 6.07) is 2.24. The van der Waals surface area contributed by atoms with Gasteiger partial charge in [0.15, 0.2) is 10.8 Å². The summed E-state index contributed by atoms with van der Waals surface area (Å²) in [5, 5.41) is 16.7. The molecule has 4 heterocycles. The Labute approximate surface area is 154 Å². The van der Waals surface area contributed by atoms with Crippen molar-refractivity contribution in [2.75, 3.05) is 18.4 Å². The Bertz CT molecular complexity index is 921. The van der Waals surface area contributed by atoms with Crippen molar-refractivity contribution in [2.24, 2.45) is 0 Å². The minimum atomic E-state index is -0.300. The summed E-state index contributed by atoms with van der Waals surface area (Å²) in [7, 11) is 0. The van der Waals surface area contributed by atoms with Gasteiger partial charge in [-0.15, -0.1) is 16.4 Å². The topological polar surface area (TPSA) is 97.9 Å². The number of aromatic nitrogens is 4. The van der Waals surface area contributed by atoms with E-state index in [0.29, 0.717) is 16.9 Å². The normalized spacial score (nSPS) is 15.3. The number of nitrogens with one attached hydrogen (secondary N) is 2. The van der Waals surface area contributed by atoms with E-state index < -0.39 is 0 Å². The Morgan fingerprint density at radius 1 is 1.38 bits per heavy atom. The summed E-state index contributed by atoms with van der Waals surface area (Å²) in [6.07, 6.45) is 3.69. The van der Waals surface area contributed by atoms with E-state index in [1.165, 1.54) is 11.3 Å². The van der Waals surface area contributed by atoms with Gasteiger partial charge in [-0.25, -0.2) is 9.67 Å². The van der Waals surface area contributed by atoms with Crippen LogP contribution < -0.4 is 10.6 Å². The number of aryl methyl sites for hydroxylation is 2. The van der Waals surface area contributed by atoms with E-state index in [1.54, 1.807) is 10.9 Å². The molecule has 0 unspecified atom stereocenters. The number of piperidine rings is 1. The number of thiazole rings is 1. The van der Waals surface area contributed by atoms with Crippen LogP contribution in [0.2, 0.25) is 0 Å². The van der Waals surface area contributed by atoms with Crippen LogP contribution in [0.3, 0.4) is 0 Å². The summed E-state index contributed by atoms with van der Waals surface area (Å²) in [5.41, 5.74) is 2.03. The minimum Gasteiger partial charge on any atom is -0.466 e. The number of hydrogen-bond acceptors (Lipinski definition) is 7. The average molecular weight is 372 g/mol. The fraction of sp³-hybridized carbons (Fsp3) is 0.412. The molecule has 136 valence electrons. The molecule has 1 saturated heterocycles. The van der Waals surface area contributed by atoms with E-state index in [2.05, 4.69) is 25.9 Å². The van der Waals surface area contributed by atoms with Crippen molar-refractivity contribution in [2.45, 2.75) is 32.7 Å². The van der Waals surface area contributed by atoms with Crippen LogP contribution in [0.25, 0.3) is 11.3 Å². The third-order valence-electron chi connectivity index (χ3n) is 4.47. The third kappa shape index (κ3) is 3.40. The molecule has 4 rings (SSSR count). The first-order valence-electron chi connectivity index (χ1n) is 8.57. The van der Waals surface area contributed by atoms with E-state index in [0.717, 1.165) is 48.7 Å². The van der Waals surface area contributed by atoms with Gasteiger partial charge in [0, 0.05) is 10.9 Å². The van der Waals surface area contributed by atoms with Crippen molar-refractivity contribution < 1.29 is 9.21 Å². The highest BCUT2D eigenvalue weighted by molar-refractivity contribution is 7.14. The zero-order valence-corrected chi connectivity index (χ0v) is 15.5. The predicted molar refractivity (Wildman–Crippen MR) is 98.4 cm³/mol. The molecule has 0 bridgehead atoms. The standard InChI is InChI=1S/C17H20N6O2S/c1-10-7-13(11(2)25-10)15-9-26-17(19-15)20-16(24)14-8-23(22-21-14)12-3-5-18-6-4-12/h7-9,12,18H,3-6H2,1-2H3,(H,19,20,24). The maximum Gasteiger partial charge on any atom is 0.279 e. The van der Waals surface area contributed by atoms with Gasteiger partial charge in [-0.2, -0.15) is 0 Å². The lowest BCUT2D eigenvalue weighted by molar-refractivity contribution is 0.102. The maximum atomic E-state index is 12.4. The van der Waals surface area contributed by atoms with Gasteiger partial charge in [0.25, 0.3) is 5.91 Å². The van der Waals surface area contributed by atoms with Gasteiger partial charge in [-0.05, 0) is 45.8 Å². The molecule has 2 N–H and O–H groups in total. The van der Waals surface area contributed by atoms with Gasteiger partial charge < -0.3 is 9.73 Å². The van der Waals surface area contributed by atoms with Crippen LogP contribution in [-0.2, 0) is 0 Å². The molecule has 0 radical (unpaired) electrons. The van der Waals surface area contributed by atoms with Crippen molar-refractivity contribution in [3.63, 3.8) is 0 Å². The van der Waals surface area contributed by atoms with Crippen LogP contribution in [0.15, 0.2) is 22.1 Å². The van der Waals surface area contributed by atoms with Crippen molar-refractivity contribution in [1.82, 2.24) is 25.3 Å². The quantitative estimate of drug-likeness (QED) is 0.731. The first kappa shape index (κ1) is 16.9. The molecule has 1 aliphatic rings. The maximum absolute atomic E-state index is 12.4. The molecule has 3 aromatic rings. The van der Waals surface area contributed by atoms with Gasteiger partial charge in [0.1, 0.15) is 11.5 Å². The zero-order chi connectivity index (χ0) is 18.1. The van der Waals surface area contributed by atoms with Crippen LogP contribution in [-0.4, -0.2) is 39.0 Å². The van der Waals surface area contributed by atoms with Crippen LogP contribution in [0.1, 0.15) is 40.9 Å². The zero-order valence-electron chi connectivity index (χ0n) is 14.7. The summed E-state index contributed by atoms with van der Waals surface area (Å²) >= 11 is 1.37. The van der Waals surface area contributed by atoms with E-state index in [1.807, 2.05) is 25.3 Å². The molecule has 0 aromatic carbocycles. The summed E-state index contributed by atoms with van der Waals surface area (Å²) in [5.74, 6) is 1.35. The summed E-state index contributed by atoms with van der Waals surface area (Å²) in [4.78, 5) is 16.9. The highest BCUT2D eigenvalue weighted by Crippen LogP contribution is 2.29. The lowest BCUT2D eigenvalue weighted by Crippen LogP contribution is -2.29. The molecule has 0 saturated carbocycles. The molecule has 0 spiro atoms. The van der Waals surface area contributed by atoms with Crippen LogP contribution in [0.5, 0.6) is 0 Å². The highest BCUT2D eigenvalue weighted by atomic mass is 32.1. The second kappa shape index (κ2) is 7.00. The second-order valence-corrected chi connectivity index (χ2v) is 7.24. The lowest BCUT2D eigenvalue weighted by Gasteiger charge is -2.21. The number of nitrogens with zero attached hydrogens (tertiary/aromatic N) is 4. The first-order valence-corrected chi connectivity index (χ1v) is 9.45. The van der Waals surface area contributed by atoms with Crippen LogP contribution >= 0.6 is 11.3 Å². The Kier molecular flexibility index (Phi) is 4.56. The molecule has 9 heteroatoms. The molecule has 0 atom stereocenters. The monoisotopic (exact) mass is 372 g/mol. The van der Waals surface area contributed by atoms with Gasteiger partial charge >= 0.3 is 0 Å². The predicted octanol–water partition coefficient (Wildman–Crippen LogP) is 2.79. The Hall–Kier alpha value is -2.52. The number of anilines is 1. The smallest absolute Gasteiger partial charge is 0.279 e.